The Bertz CT molecular complexity index is 859. The molecule has 0 radical (unpaired) electrons. The van der Waals surface area contributed by atoms with Crippen molar-refractivity contribution < 1.29 is 29.8 Å². The minimum atomic E-state index is -4.05. The van der Waals surface area contributed by atoms with E-state index in [1.165, 1.54) is 0 Å². The number of thioether (sulfide) groups is 1. The summed E-state index contributed by atoms with van der Waals surface area (Å²) >= 11 is 1.14. The van der Waals surface area contributed by atoms with Gasteiger partial charge in [0.1, 0.15) is 0 Å². The Morgan fingerprint density at radius 2 is 1.27 bits per heavy atom. The number of aromatic nitrogens is 3. The summed E-state index contributed by atoms with van der Waals surface area (Å²) in [5.41, 5.74) is 0. The van der Waals surface area contributed by atoms with Gasteiger partial charge in [-0.1, -0.05) is 11.8 Å². The van der Waals surface area contributed by atoms with Crippen molar-refractivity contribution in [3.8, 4) is 0 Å². The summed E-state index contributed by atoms with van der Waals surface area (Å²) in [5, 5.41) is 5.94. The van der Waals surface area contributed by atoms with Gasteiger partial charge in [0.15, 0.2) is 5.16 Å². The monoisotopic (exact) mass is 507 g/mol. The van der Waals surface area contributed by atoms with Crippen LogP contribution in [0.5, 0.6) is 0 Å². The third-order valence-corrected chi connectivity index (χ3v) is 6.13. The molecule has 1 aromatic heterocycles. The quantitative estimate of drug-likeness (QED) is 0.100. The number of rotatable bonds is 15. The lowest BCUT2D eigenvalue weighted by Gasteiger charge is -2.10. The van der Waals surface area contributed by atoms with Gasteiger partial charge in [0, 0.05) is 31.9 Å². The van der Waals surface area contributed by atoms with Gasteiger partial charge in [0.05, 0.1) is 18.3 Å². The van der Waals surface area contributed by atoms with Gasteiger partial charge in [-0.25, -0.2) is 26.3 Å². The molecule has 0 saturated carbocycles. The molecule has 1 aromatic rings. The number of hydrogen-bond acceptors (Lipinski definition) is 12. The minimum absolute atomic E-state index is 0.0996. The van der Waals surface area contributed by atoms with E-state index in [9.17, 15) is 25.3 Å². The van der Waals surface area contributed by atoms with Crippen LogP contribution in [0.15, 0.2) is 5.16 Å². The molecular weight excluding hydrogens is 482 g/mol. The first-order valence-corrected chi connectivity index (χ1v) is 14.8. The first-order chi connectivity index (χ1) is 13.7. The number of sulfonamides is 2. The van der Waals surface area contributed by atoms with E-state index in [1.807, 2.05) is 0 Å². The van der Waals surface area contributed by atoms with Gasteiger partial charge in [-0.3, -0.25) is 4.55 Å². The number of hydrogen-bond donors (Lipinski definition) is 5. The van der Waals surface area contributed by atoms with E-state index in [-0.39, 0.29) is 49.7 Å². The molecule has 0 amide bonds. The highest BCUT2D eigenvalue weighted by Crippen LogP contribution is 2.17. The van der Waals surface area contributed by atoms with Crippen LogP contribution in [-0.4, -0.2) is 95.0 Å². The second-order valence-corrected chi connectivity index (χ2v) is 12.2. The summed E-state index contributed by atoms with van der Waals surface area (Å²) in [4.78, 5) is 12.4. The maximum atomic E-state index is 11.1. The lowest BCUT2D eigenvalue weighted by molar-refractivity contribution is 0.482. The van der Waals surface area contributed by atoms with Crippen LogP contribution in [0.2, 0.25) is 0 Å². The van der Waals surface area contributed by atoms with Gasteiger partial charge in [0.25, 0.3) is 10.1 Å². The molecule has 0 fully saturated rings. The average Bonchev–Trinajstić information content (AvgIpc) is 2.57. The molecule has 30 heavy (non-hydrogen) atoms. The fourth-order valence-electron chi connectivity index (χ4n) is 1.81. The van der Waals surface area contributed by atoms with E-state index in [2.05, 4.69) is 35.0 Å². The second-order valence-electron chi connectivity index (χ2n) is 5.94. The molecule has 0 aliphatic carbocycles. The van der Waals surface area contributed by atoms with Gasteiger partial charge in [0.2, 0.25) is 31.9 Å². The maximum absolute atomic E-state index is 11.1. The van der Waals surface area contributed by atoms with Crippen molar-refractivity contribution in [2.45, 2.75) is 11.6 Å². The summed E-state index contributed by atoms with van der Waals surface area (Å²) in [5.74, 6) is 0.219. The number of anilines is 2. The van der Waals surface area contributed by atoms with Gasteiger partial charge in [-0.2, -0.15) is 23.4 Å². The van der Waals surface area contributed by atoms with Crippen molar-refractivity contribution in [2.24, 2.45) is 0 Å². The fraction of sp³-hybridized carbons (Fsp3) is 0.750. The summed E-state index contributed by atoms with van der Waals surface area (Å²) in [7, 11) is -10.7. The Balaban J connectivity index is 2.73. The van der Waals surface area contributed by atoms with Crippen LogP contribution in [0.3, 0.4) is 0 Å². The number of nitrogens with zero attached hydrogens (tertiary/aromatic N) is 3. The van der Waals surface area contributed by atoms with Gasteiger partial charge >= 0.3 is 0 Å². The SMILES string of the molecule is CS(=O)(=O)NCCNc1nc(NCCNS(C)(=O)=O)nc(SCCCS(=O)(=O)O)n1. The largest absolute Gasteiger partial charge is 0.353 e. The van der Waals surface area contributed by atoms with Crippen LogP contribution in [0.1, 0.15) is 6.42 Å². The highest BCUT2D eigenvalue weighted by molar-refractivity contribution is 7.99. The van der Waals surface area contributed by atoms with Gasteiger partial charge in [-0.15, -0.1) is 0 Å². The Hall–Kier alpha value is -1.31. The molecule has 18 heteroatoms. The zero-order valence-corrected chi connectivity index (χ0v) is 19.6. The Morgan fingerprint density at radius 1 is 0.800 bits per heavy atom. The van der Waals surface area contributed by atoms with Crippen LogP contribution in [0, 0.1) is 0 Å². The van der Waals surface area contributed by atoms with Crippen LogP contribution in [-0.2, 0) is 30.2 Å². The number of nitrogens with one attached hydrogen (secondary N) is 4. The first-order valence-electron chi connectivity index (χ1n) is 8.44. The summed E-state index contributed by atoms with van der Waals surface area (Å²) < 4.78 is 79.2. The zero-order valence-electron chi connectivity index (χ0n) is 16.3. The van der Waals surface area contributed by atoms with Crippen molar-refractivity contribution >= 4 is 53.8 Å². The lowest BCUT2D eigenvalue weighted by atomic mass is 10.6. The normalized spacial score (nSPS) is 12.6. The maximum Gasteiger partial charge on any atom is 0.264 e. The Kier molecular flexibility index (Phi) is 10.6. The highest BCUT2D eigenvalue weighted by Gasteiger charge is 2.10. The molecule has 14 nitrogen and oxygen atoms in total. The third-order valence-electron chi connectivity index (χ3n) is 2.94. The topological polar surface area (TPSA) is 209 Å². The van der Waals surface area contributed by atoms with Crippen molar-refractivity contribution in [3.05, 3.63) is 0 Å². The highest BCUT2D eigenvalue weighted by atomic mass is 32.2. The summed E-state index contributed by atoms with van der Waals surface area (Å²) in [6, 6.07) is 0. The zero-order chi connectivity index (χ0) is 22.8. The Labute approximate surface area is 180 Å². The fourth-order valence-corrected chi connectivity index (χ4v) is 4.22. The minimum Gasteiger partial charge on any atom is -0.353 e. The molecule has 0 spiro atoms. The molecule has 0 atom stereocenters. The average molecular weight is 508 g/mol. The van der Waals surface area contributed by atoms with E-state index in [4.69, 9.17) is 4.55 Å². The van der Waals surface area contributed by atoms with Crippen LogP contribution < -0.4 is 20.1 Å². The Morgan fingerprint density at radius 3 is 1.67 bits per heavy atom. The molecule has 0 bridgehead atoms. The molecule has 174 valence electrons. The molecule has 1 heterocycles. The van der Waals surface area contributed by atoms with E-state index in [1.54, 1.807) is 0 Å². The van der Waals surface area contributed by atoms with E-state index in [0.29, 0.717) is 5.75 Å². The summed E-state index contributed by atoms with van der Waals surface area (Å²) in [6.45, 7) is 0.586. The van der Waals surface area contributed by atoms with E-state index < -0.39 is 35.9 Å². The molecule has 0 aliphatic heterocycles. The van der Waals surface area contributed by atoms with Crippen molar-refractivity contribution in [1.29, 1.82) is 0 Å². The molecular formula is C12H25N7O7S4. The van der Waals surface area contributed by atoms with Gasteiger partial charge < -0.3 is 10.6 Å². The van der Waals surface area contributed by atoms with Crippen LogP contribution in [0.25, 0.3) is 0 Å². The van der Waals surface area contributed by atoms with Crippen molar-refractivity contribution in [1.82, 2.24) is 24.4 Å². The third kappa shape index (κ3) is 14.6. The molecule has 0 unspecified atom stereocenters. The molecule has 0 aromatic carbocycles. The van der Waals surface area contributed by atoms with Crippen LogP contribution >= 0.6 is 11.8 Å². The second kappa shape index (κ2) is 11.9. The summed E-state index contributed by atoms with van der Waals surface area (Å²) in [6.07, 6.45) is 2.24. The van der Waals surface area contributed by atoms with Crippen molar-refractivity contribution in [3.63, 3.8) is 0 Å². The molecule has 0 aliphatic rings. The van der Waals surface area contributed by atoms with E-state index in [0.717, 1.165) is 24.3 Å². The first kappa shape index (κ1) is 26.7. The van der Waals surface area contributed by atoms with Gasteiger partial charge in [-0.05, 0) is 6.42 Å². The lowest BCUT2D eigenvalue weighted by Crippen LogP contribution is -2.29. The predicted molar refractivity (Wildman–Crippen MR) is 114 cm³/mol. The smallest absolute Gasteiger partial charge is 0.264 e. The predicted octanol–water partition coefficient (Wildman–Crippen LogP) is -1.84. The van der Waals surface area contributed by atoms with E-state index >= 15 is 0 Å². The van der Waals surface area contributed by atoms with Crippen LogP contribution in [0.4, 0.5) is 11.9 Å². The molecule has 1 rings (SSSR count). The standard InChI is InChI=1S/C12H25N7O7S4/c1-28(20,21)15-6-4-13-10-17-11(14-5-7-16-29(2,22)23)19-12(18-10)27-8-3-9-30(24,25)26/h15-16H,3-9H2,1-2H3,(H,24,25,26)(H2,13,14,17,18,19). The molecule has 0 saturated heterocycles. The van der Waals surface area contributed by atoms with Crippen molar-refractivity contribution in [2.75, 3.05) is 60.8 Å². The molecule has 5 N–H and O–H groups in total.